The molecule has 0 aliphatic carbocycles. The van der Waals surface area contributed by atoms with E-state index < -0.39 is 5.97 Å². The Hall–Kier alpha value is -1.33. The molecule has 0 bridgehead atoms. The zero-order chi connectivity index (χ0) is 11.5. The number of hydrogen-bond acceptors (Lipinski definition) is 3. The second-order valence-corrected chi connectivity index (χ2v) is 4.96. The van der Waals surface area contributed by atoms with Gasteiger partial charge >= 0.3 is 5.97 Å². The van der Waals surface area contributed by atoms with Crippen molar-refractivity contribution in [3.05, 3.63) is 29.0 Å². The number of aromatic nitrogens is 2. The van der Waals surface area contributed by atoms with E-state index >= 15 is 0 Å². The predicted octanol–water partition coefficient (Wildman–Crippen LogP) is 2.74. The van der Waals surface area contributed by atoms with E-state index in [1.54, 1.807) is 10.9 Å². The van der Waals surface area contributed by atoms with Crippen LogP contribution in [0.5, 0.6) is 0 Å². The number of carboxylic acid groups (broad SMARTS) is 1. The number of thiophene rings is 1. The van der Waals surface area contributed by atoms with Gasteiger partial charge in [-0.1, -0.05) is 11.6 Å². The summed E-state index contributed by atoms with van der Waals surface area (Å²) < 4.78 is 2.48. The minimum Gasteiger partial charge on any atom is -0.481 e. The first-order valence-corrected chi connectivity index (χ1v) is 5.84. The van der Waals surface area contributed by atoms with E-state index in [-0.39, 0.29) is 6.42 Å². The van der Waals surface area contributed by atoms with Crippen LogP contribution in [-0.2, 0) is 11.3 Å². The van der Waals surface area contributed by atoms with E-state index in [0.29, 0.717) is 6.54 Å². The van der Waals surface area contributed by atoms with Crippen LogP contribution in [0.25, 0.3) is 10.6 Å². The van der Waals surface area contributed by atoms with Gasteiger partial charge in [0.05, 0.1) is 27.7 Å². The Labute approximate surface area is 101 Å². The van der Waals surface area contributed by atoms with Crippen molar-refractivity contribution in [2.45, 2.75) is 13.0 Å². The van der Waals surface area contributed by atoms with E-state index in [9.17, 15) is 4.79 Å². The van der Waals surface area contributed by atoms with Crippen molar-refractivity contribution in [3.8, 4) is 10.6 Å². The third-order valence-electron chi connectivity index (χ3n) is 2.04. The topological polar surface area (TPSA) is 55.1 Å². The smallest absolute Gasteiger partial charge is 0.305 e. The Morgan fingerprint density at radius 3 is 3.00 bits per heavy atom. The van der Waals surface area contributed by atoms with Crippen molar-refractivity contribution < 1.29 is 9.90 Å². The summed E-state index contributed by atoms with van der Waals surface area (Å²) in [4.78, 5) is 15.6. The third-order valence-corrected chi connectivity index (χ3v) is 3.30. The van der Waals surface area contributed by atoms with Crippen LogP contribution in [0.15, 0.2) is 24.7 Å². The summed E-state index contributed by atoms with van der Waals surface area (Å²) in [6.45, 7) is 0.432. The molecular formula is C10H9ClN2O2S. The minimum absolute atomic E-state index is 0.0982. The van der Waals surface area contributed by atoms with Gasteiger partial charge in [0.2, 0.25) is 0 Å². The van der Waals surface area contributed by atoms with Gasteiger partial charge in [0, 0.05) is 12.7 Å². The molecule has 16 heavy (non-hydrogen) atoms. The summed E-state index contributed by atoms with van der Waals surface area (Å²) in [6.07, 6.45) is 3.55. The number of imidazole rings is 1. The summed E-state index contributed by atoms with van der Waals surface area (Å²) in [5, 5.41) is 8.55. The third kappa shape index (κ3) is 2.62. The van der Waals surface area contributed by atoms with Crippen LogP contribution in [0.4, 0.5) is 0 Å². The largest absolute Gasteiger partial charge is 0.481 e. The van der Waals surface area contributed by atoms with Crippen LogP contribution in [0.1, 0.15) is 6.42 Å². The Morgan fingerprint density at radius 2 is 2.38 bits per heavy atom. The van der Waals surface area contributed by atoms with Gasteiger partial charge in [0.1, 0.15) is 0 Å². The summed E-state index contributed by atoms with van der Waals surface area (Å²) >= 11 is 7.28. The monoisotopic (exact) mass is 256 g/mol. The fourth-order valence-electron chi connectivity index (χ4n) is 1.29. The van der Waals surface area contributed by atoms with Crippen LogP contribution in [0, 0.1) is 0 Å². The standard InChI is InChI=1S/C10H9ClN2O2S/c11-9-2-1-8(16-9)7-5-13(6-12-7)4-3-10(14)15/h1-2,5-6H,3-4H2,(H,14,15). The Morgan fingerprint density at radius 1 is 1.56 bits per heavy atom. The molecule has 0 aliphatic heterocycles. The highest BCUT2D eigenvalue weighted by atomic mass is 35.5. The number of carboxylic acids is 1. The van der Waals surface area contributed by atoms with Gasteiger partial charge in [0.15, 0.2) is 0 Å². The molecule has 0 amide bonds. The molecule has 0 fully saturated rings. The average molecular weight is 257 g/mol. The molecule has 0 aliphatic rings. The van der Waals surface area contributed by atoms with E-state index in [1.165, 1.54) is 11.3 Å². The van der Waals surface area contributed by atoms with Crippen molar-refractivity contribution in [2.75, 3.05) is 0 Å². The van der Waals surface area contributed by atoms with Crippen LogP contribution >= 0.6 is 22.9 Å². The normalized spacial score (nSPS) is 10.6. The van der Waals surface area contributed by atoms with E-state index in [1.807, 2.05) is 18.3 Å². The first-order valence-electron chi connectivity index (χ1n) is 4.64. The molecule has 0 atom stereocenters. The molecule has 4 nitrogen and oxygen atoms in total. The molecule has 0 aromatic carbocycles. The molecule has 2 rings (SSSR count). The number of carbonyl (C=O) groups is 1. The molecule has 0 saturated heterocycles. The van der Waals surface area contributed by atoms with Crippen molar-refractivity contribution in [1.82, 2.24) is 9.55 Å². The number of rotatable bonds is 4. The number of aryl methyl sites for hydroxylation is 1. The zero-order valence-electron chi connectivity index (χ0n) is 8.26. The lowest BCUT2D eigenvalue weighted by molar-refractivity contribution is -0.137. The molecule has 84 valence electrons. The Bertz CT molecular complexity index is 506. The molecule has 0 saturated carbocycles. The lowest BCUT2D eigenvalue weighted by atomic mass is 10.4. The Kier molecular flexibility index (Phi) is 3.26. The van der Waals surface area contributed by atoms with Crippen LogP contribution in [-0.4, -0.2) is 20.6 Å². The van der Waals surface area contributed by atoms with Crippen molar-refractivity contribution in [1.29, 1.82) is 0 Å². The average Bonchev–Trinajstić information content (AvgIpc) is 2.83. The van der Waals surface area contributed by atoms with Gasteiger partial charge in [-0.2, -0.15) is 0 Å². The molecule has 0 unspecified atom stereocenters. The summed E-state index contributed by atoms with van der Waals surface area (Å²) in [5.74, 6) is -0.811. The zero-order valence-corrected chi connectivity index (χ0v) is 9.83. The molecule has 2 aromatic heterocycles. The molecular weight excluding hydrogens is 248 g/mol. The molecule has 1 N–H and O–H groups in total. The fraction of sp³-hybridized carbons (Fsp3) is 0.200. The van der Waals surface area contributed by atoms with Crippen LogP contribution in [0.2, 0.25) is 4.34 Å². The lowest BCUT2D eigenvalue weighted by Crippen LogP contribution is -2.02. The van der Waals surface area contributed by atoms with Gasteiger partial charge in [-0.15, -0.1) is 11.3 Å². The van der Waals surface area contributed by atoms with E-state index in [0.717, 1.165) is 14.9 Å². The van der Waals surface area contributed by atoms with Crippen molar-refractivity contribution >= 4 is 28.9 Å². The molecule has 6 heteroatoms. The maximum Gasteiger partial charge on any atom is 0.305 e. The van der Waals surface area contributed by atoms with Gasteiger partial charge in [0.25, 0.3) is 0 Å². The van der Waals surface area contributed by atoms with Gasteiger partial charge in [-0.25, -0.2) is 4.98 Å². The highest BCUT2D eigenvalue weighted by Gasteiger charge is 2.05. The number of nitrogens with zero attached hydrogens (tertiary/aromatic N) is 2. The van der Waals surface area contributed by atoms with Gasteiger partial charge < -0.3 is 9.67 Å². The number of aliphatic carboxylic acids is 1. The maximum atomic E-state index is 10.4. The molecule has 2 aromatic rings. The maximum absolute atomic E-state index is 10.4. The highest BCUT2D eigenvalue weighted by molar-refractivity contribution is 7.19. The summed E-state index contributed by atoms with van der Waals surface area (Å²) in [7, 11) is 0. The quantitative estimate of drug-likeness (QED) is 0.915. The van der Waals surface area contributed by atoms with Crippen LogP contribution < -0.4 is 0 Å². The van der Waals surface area contributed by atoms with Gasteiger partial charge in [-0.05, 0) is 12.1 Å². The van der Waals surface area contributed by atoms with Gasteiger partial charge in [-0.3, -0.25) is 4.79 Å². The summed E-state index contributed by atoms with van der Waals surface area (Å²) in [6, 6.07) is 3.72. The lowest BCUT2D eigenvalue weighted by Gasteiger charge is -1.96. The van der Waals surface area contributed by atoms with E-state index in [2.05, 4.69) is 4.98 Å². The number of halogens is 1. The van der Waals surface area contributed by atoms with Crippen molar-refractivity contribution in [2.24, 2.45) is 0 Å². The number of hydrogen-bond donors (Lipinski definition) is 1. The molecule has 2 heterocycles. The predicted molar refractivity (Wildman–Crippen MR) is 62.8 cm³/mol. The minimum atomic E-state index is -0.811. The summed E-state index contributed by atoms with van der Waals surface area (Å²) in [5.41, 5.74) is 0.822. The molecule has 0 spiro atoms. The first-order chi connectivity index (χ1) is 7.65. The van der Waals surface area contributed by atoms with Crippen molar-refractivity contribution in [3.63, 3.8) is 0 Å². The second-order valence-electron chi connectivity index (χ2n) is 3.24. The molecule has 0 radical (unpaired) electrons. The fourth-order valence-corrected chi connectivity index (χ4v) is 2.29. The van der Waals surface area contributed by atoms with E-state index in [4.69, 9.17) is 16.7 Å². The van der Waals surface area contributed by atoms with Crippen LogP contribution in [0.3, 0.4) is 0 Å². The Balaban J connectivity index is 2.10. The SMILES string of the molecule is O=C(O)CCn1cnc(-c2ccc(Cl)s2)c1. The highest BCUT2D eigenvalue weighted by Crippen LogP contribution is 2.29. The second kappa shape index (κ2) is 4.67. The first kappa shape index (κ1) is 11.2.